The predicted molar refractivity (Wildman–Crippen MR) is 64.7 cm³/mol. The average Bonchev–Trinajstić information content (AvgIpc) is 2.78. The number of primary amides is 1. The Bertz CT molecular complexity index is 220. The van der Waals surface area contributed by atoms with E-state index in [0.29, 0.717) is 32.3 Å². The number of carbonyl (C=O) groups excluding carboxylic acids is 1. The van der Waals surface area contributed by atoms with E-state index >= 15 is 0 Å². The van der Waals surface area contributed by atoms with Crippen molar-refractivity contribution >= 4 is 6.03 Å². The minimum absolute atomic E-state index is 0.334. The van der Waals surface area contributed by atoms with Gasteiger partial charge in [-0.15, -0.1) is 0 Å². The monoisotopic (exact) mass is 245 g/mol. The SMILES string of the molecule is NC(=O)NCCNCC(O)COC1CCCC1. The molecule has 17 heavy (non-hydrogen) atoms. The van der Waals surface area contributed by atoms with Gasteiger partial charge in [-0.25, -0.2) is 4.79 Å². The molecule has 2 amide bonds. The molecule has 100 valence electrons. The number of aliphatic hydroxyl groups excluding tert-OH is 1. The van der Waals surface area contributed by atoms with Gasteiger partial charge < -0.3 is 26.2 Å². The van der Waals surface area contributed by atoms with E-state index in [9.17, 15) is 9.90 Å². The molecule has 0 saturated heterocycles. The number of hydrogen-bond acceptors (Lipinski definition) is 4. The first-order valence-corrected chi connectivity index (χ1v) is 6.22. The highest BCUT2D eigenvalue weighted by molar-refractivity contribution is 5.71. The number of aliphatic hydroxyl groups is 1. The van der Waals surface area contributed by atoms with Crippen LogP contribution in [0, 0.1) is 0 Å². The van der Waals surface area contributed by atoms with Crippen LogP contribution in [0.3, 0.4) is 0 Å². The Hall–Kier alpha value is -0.850. The van der Waals surface area contributed by atoms with Crippen LogP contribution in [0.15, 0.2) is 0 Å². The molecule has 5 N–H and O–H groups in total. The molecule has 0 aromatic heterocycles. The normalized spacial score (nSPS) is 18.2. The van der Waals surface area contributed by atoms with E-state index in [-0.39, 0.29) is 0 Å². The smallest absolute Gasteiger partial charge is 0.312 e. The minimum atomic E-state index is -0.531. The average molecular weight is 245 g/mol. The van der Waals surface area contributed by atoms with Gasteiger partial charge in [0.05, 0.1) is 18.8 Å². The lowest BCUT2D eigenvalue weighted by molar-refractivity contribution is -0.00529. The van der Waals surface area contributed by atoms with Crippen LogP contribution in [0.1, 0.15) is 25.7 Å². The van der Waals surface area contributed by atoms with Crippen LogP contribution >= 0.6 is 0 Å². The van der Waals surface area contributed by atoms with Gasteiger partial charge in [0.15, 0.2) is 0 Å². The fourth-order valence-corrected chi connectivity index (χ4v) is 1.90. The molecule has 1 fully saturated rings. The molecular formula is C11H23N3O3. The summed E-state index contributed by atoms with van der Waals surface area (Å²) in [6, 6.07) is -0.531. The van der Waals surface area contributed by atoms with Crippen molar-refractivity contribution in [3.63, 3.8) is 0 Å². The van der Waals surface area contributed by atoms with Gasteiger partial charge in [0, 0.05) is 19.6 Å². The van der Waals surface area contributed by atoms with Crippen LogP contribution in [0.5, 0.6) is 0 Å². The second-order valence-corrected chi connectivity index (χ2v) is 4.39. The Kier molecular flexibility index (Phi) is 6.91. The zero-order chi connectivity index (χ0) is 12.5. The van der Waals surface area contributed by atoms with E-state index in [1.165, 1.54) is 12.8 Å². The van der Waals surface area contributed by atoms with Crippen molar-refractivity contribution in [2.45, 2.75) is 37.9 Å². The molecule has 6 nitrogen and oxygen atoms in total. The number of rotatable bonds is 8. The summed E-state index contributed by atoms with van der Waals surface area (Å²) in [5.74, 6) is 0. The van der Waals surface area contributed by atoms with Gasteiger partial charge in [-0.2, -0.15) is 0 Å². The molecule has 6 heteroatoms. The summed E-state index contributed by atoms with van der Waals surface area (Å²) < 4.78 is 5.58. The summed E-state index contributed by atoms with van der Waals surface area (Å²) in [6.45, 7) is 1.89. The second-order valence-electron chi connectivity index (χ2n) is 4.39. The summed E-state index contributed by atoms with van der Waals surface area (Å²) in [5, 5.41) is 15.1. The zero-order valence-corrected chi connectivity index (χ0v) is 10.2. The topological polar surface area (TPSA) is 96.6 Å². The summed E-state index contributed by atoms with van der Waals surface area (Å²) in [4.78, 5) is 10.4. The van der Waals surface area contributed by atoms with E-state index in [1.54, 1.807) is 0 Å². The van der Waals surface area contributed by atoms with Gasteiger partial charge >= 0.3 is 6.03 Å². The van der Waals surface area contributed by atoms with E-state index in [1.807, 2.05) is 0 Å². The van der Waals surface area contributed by atoms with E-state index in [0.717, 1.165) is 12.8 Å². The lowest BCUT2D eigenvalue weighted by atomic mass is 10.3. The van der Waals surface area contributed by atoms with Gasteiger partial charge in [-0.3, -0.25) is 0 Å². The van der Waals surface area contributed by atoms with Crippen LogP contribution in [0.25, 0.3) is 0 Å². The van der Waals surface area contributed by atoms with E-state index in [2.05, 4.69) is 10.6 Å². The van der Waals surface area contributed by atoms with Gasteiger partial charge in [-0.1, -0.05) is 12.8 Å². The number of nitrogens with two attached hydrogens (primary N) is 1. The molecule has 0 heterocycles. The molecule has 0 aromatic rings. The largest absolute Gasteiger partial charge is 0.389 e. The Morgan fingerprint density at radius 1 is 1.41 bits per heavy atom. The van der Waals surface area contributed by atoms with Crippen molar-refractivity contribution in [2.24, 2.45) is 5.73 Å². The highest BCUT2D eigenvalue weighted by Crippen LogP contribution is 2.20. The third kappa shape index (κ3) is 7.14. The maximum absolute atomic E-state index is 10.4. The van der Waals surface area contributed by atoms with Crippen LogP contribution in [0.4, 0.5) is 4.79 Å². The van der Waals surface area contributed by atoms with E-state index in [4.69, 9.17) is 10.5 Å². The molecule has 1 atom stereocenters. The minimum Gasteiger partial charge on any atom is -0.389 e. The maximum Gasteiger partial charge on any atom is 0.312 e. The van der Waals surface area contributed by atoms with Gasteiger partial charge in [0.2, 0.25) is 0 Å². The summed E-state index contributed by atoms with van der Waals surface area (Å²) in [5.41, 5.74) is 4.90. The van der Waals surface area contributed by atoms with Crippen molar-refractivity contribution in [2.75, 3.05) is 26.2 Å². The molecule has 0 aliphatic heterocycles. The van der Waals surface area contributed by atoms with Gasteiger partial charge in [0.25, 0.3) is 0 Å². The number of urea groups is 1. The second kappa shape index (κ2) is 8.27. The molecule has 1 saturated carbocycles. The van der Waals surface area contributed by atoms with Crippen LogP contribution in [-0.2, 0) is 4.74 Å². The number of amides is 2. The van der Waals surface area contributed by atoms with Crippen molar-refractivity contribution in [1.82, 2.24) is 10.6 Å². The first kappa shape index (κ1) is 14.2. The molecule has 0 spiro atoms. The fourth-order valence-electron chi connectivity index (χ4n) is 1.90. The van der Waals surface area contributed by atoms with Crippen molar-refractivity contribution in [3.05, 3.63) is 0 Å². The molecule has 1 aliphatic rings. The summed E-state index contributed by atoms with van der Waals surface area (Å²) in [7, 11) is 0. The number of carbonyl (C=O) groups is 1. The Labute approximate surface area is 102 Å². The molecular weight excluding hydrogens is 222 g/mol. The Balaban J connectivity index is 1.90. The maximum atomic E-state index is 10.4. The Morgan fingerprint density at radius 2 is 2.12 bits per heavy atom. The quantitative estimate of drug-likeness (QED) is 0.436. The summed E-state index contributed by atoms with van der Waals surface area (Å²) in [6.07, 6.45) is 4.53. The zero-order valence-electron chi connectivity index (χ0n) is 10.2. The summed E-state index contributed by atoms with van der Waals surface area (Å²) >= 11 is 0. The van der Waals surface area contributed by atoms with Gasteiger partial charge in [-0.05, 0) is 12.8 Å². The number of hydrogen-bond donors (Lipinski definition) is 4. The first-order chi connectivity index (χ1) is 8.18. The highest BCUT2D eigenvalue weighted by atomic mass is 16.5. The van der Waals surface area contributed by atoms with Crippen LogP contribution in [0.2, 0.25) is 0 Å². The predicted octanol–water partition coefficient (Wildman–Crippen LogP) is -0.436. The lowest BCUT2D eigenvalue weighted by Gasteiger charge is -2.16. The molecule has 1 rings (SSSR count). The van der Waals surface area contributed by atoms with Crippen molar-refractivity contribution in [3.8, 4) is 0 Å². The first-order valence-electron chi connectivity index (χ1n) is 6.22. The molecule has 0 bridgehead atoms. The molecule has 0 aromatic carbocycles. The van der Waals surface area contributed by atoms with E-state index < -0.39 is 12.1 Å². The molecule has 1 unspecified atom stereocenters. The third-order valence-corrected chi connectivity index (χ3v) is 2.81. The number of nitrogens with one attached hydrogen (secondary N) is 2. The number of ether oxygens (including phenoxy) is 1. The molecule has 1 aliphatic carbocycles. The molecule has 0 radical (unpaired) electrons. The fraction of sp³-hybridized carbons (Fsp3) is 0.909. The third-order valence-electron chi connectivity index (χ3n) is 2.81. The standard InChI is InChI=1S/C11H23N3O3/c12-11(16)14-6-5-13-7-9(15)8-17-10-3-1-2-4-10/h9-10,13,15H,1-8H2,(H3,12,14,16). The van der Waals surface area contributed by atoms with Gasteiger partial charge in [0.1, 0.15) is 0 Å². The van der Waals surface area contributed by atoms with Crippen molar-refractivity contribution < 1.29 is 14.6 Å². The van der Waals surface area contributed by atoms with Crippen molar-refractivity contribution in [1.29, 1.82) is 0 Å². The van der Waals surface area contributed by atoms with Crippen LogP contribution < -0.4 is 16.4 Å². The highest BCUT2D eigenvalue weighted by Gasteiger charge is 2.16. The lowest BCUT2D eigenvalue weighted by Crippen LogP contribution is -2.38. The Morgan fingerprint density at radius 3 is 2.76 bits per heavy atom. The van der Waals surface area contributed by atoms with Crippen LogP contribution in [-0.4, -0.2) is 49.6 Å².